The van der Waals surface area contributed by atoms with Crippen molar-refractivity contribution in [3.8, 4) is 0 Å². The van der Waals surface area contributed by atoms with Crippen molar-refractivity contribution in [2.75, 3.05) is 5.73 Å². The SMILES string of the molecule is Nc1nc2cc(Cl)c(F)cc2n1CCc1cccc(F)c1. The van der Waals surface area contributed by atoms with Crippen molar-refractivity contribution in [1.82, 2.24) is 9.55 Å². The Bertz CT molecular complexity index is 814. The van der Waals surface area contributed by atoms with Crippen LogP contribution in [0.5, 0.6) is 0 Å². The van der Waals surface area contributed by atoms with Crippen molar-refractivity contribution in [1.29, 1.82) is 0 Å². The van der Waals surface area contributed by atoms with Gasteiger partial charge < -0.3 is 10.3 Å². The molecule has 2 N–H and O–H groups in total. The molecule has 0 radical (unpaired) electrons. The van der Waals surface area contributed by atoms with Gasteiger partial charge in [0.15, 0.2) is 0 Å². The summed E-state index contributed by atoms with van der Waals surface area (Å²) in [6.45, 7) is 0.479. The summed E-state index contributed by atoms with van der Waals surface area (Å²) >= 11 is 5.73. The molecule has 21 heavy (non-hydrogen) atoms. The number of fused-ring (bicyclic) bond motifs is 1. The van der Waals surface area contributed by atoms with Crippen molar-refractivity contribution >= 4 is 28.6 Å². The zero-order valence-electron chi connectivity index (χ0n) is 11.0. The summed E-state index contributed by atoms with van der Waals surface area (Å²) in [6, 6.07) is 9.10. The van der Waals surface area contributed by atoms with Crippen molar-refractivity contribution in [2.24, 2.45) is 0 Å². The number of imidazole rings is 1. The van der Waals surface area contributed by atoms with E-state index in [-0.39, 0.29) is 16.8 Å². The quantitative estimate of drug-likeness (QED) is 0.800. The highest BCUT2D eigenvalue weighted by molar-refractivity contribution is 6.31. The van der Waals surface area contributed by atoms with E-state index in [1.54, 1.807) is 10.6 Å². The molecule has 0 aliphatic rings. The van der Waals surface area contributed by atoms with E-state index in [9.17, 15) is 8.78 Å². The zero-order valence-corrected chi connectivity index (χ0v) is 11.7. The Morgan fingerprint density at radius 3 is 2.76 bits per heavy atom. The van der Waals surface area contributed by atoms with E-state index in [4.69, 9.17) is 17.3 Å². The lowest BCUT2D eigenvalue weighted by molar-refractivity contribution is 0.622. The average molecular weight is 308 g/mol. The second kappa shape index (κ2) is 5.33. The van der Waals surface area contributed by atoms with E-state index in [0.29, 0.717) is 24.0 Å². The number of aryl methyl sites for hydroxylation is 2. The summed E-state index contributed by atoms with van der Waals surface area (Å²) in [7, 11) is 0. The van der Waals surface area contributed by atoms with Crippen LogP contribution in [0.25, 0.3) is 11.0 Å². The van der Waals surface area contributed by atoms with Gasteiger partial charge in [-0.05, 0) is 30.2 Å². The first kappa shape index (κ1) is 13.8. The Hall–Kier alpha value is -2.14. The maximum absolute atomic E-state index is 13.6. The highest BCUT2D eigenvalue weighted by Gasteiger charge is 2.11. The summed E-state index contributed by atoms with van der Waals surface area (Å²) < 4.78 is 28.4. The van der Waals surface area contributed by atoms with Crippen LogP contribution in [0.4, 0.5) is 14.7 Å². The number of nitrogen functional groups attached to an aromatic ring is 1. The van der Waals surface area contributed by atoms with Crippen molar-refractivity contribution in [2.45, 2.75) is 13.0 Å². The number of hydrogen-bond acceptors (Lipinski definition) is 2. The zero-order chi connectivity index (χ0) is 15.0. The van der Waals surface area contributed by atoms with Crippen LogP contribution >= 0.6 is 11.6 Å². The van der Waals surface area contributed by atoms with Crippen LogP contribution in [0.15, 0.2) is 36.4 Å². The Balaban J connectivity index is 1.93. The van der Waals surface area contributed by atoms with Gasteiger partial charge in [0.2, 0.25) is 5.95 Å². The van der Waals surface area contributed by atoms with Gasteiger partial charge in [-0.15, -0.1) is 0 Å². The minimum Gasteiger partial charge on any atom is -0.369 e. The fraction of sp³-hybridized carbons (Fsp3) is 0.133. The van der Waals surface area contributed by atoms with E-state index in [1.807, 2.05) is 6.07 Å². The molecule has 108 valence electrons. The van der Waals surface area contributed by atoms with Gasteiger partial charge >= 0.3 is 0 Å². The van der Waals surface area contributed by atoms with E-state index in [1.165, 1.54) is 24.3 Å². The summed E-state index contributed by atoms with van der Waals surface area (Å²) in [5.41, 5.74) is 7.81. The Morgan fingerprint density at radius 1 is 1.19 bits per heavy atom. The number of anilines is 1. The summed E-state index contributed by atoms with van der Waals surface area (Å²) in [4.78, 5) is 4.16. The molecule has 2 aromatic carbocycles. The predicted molar refractivity (Wildman–Crippen MR) is 79.2 cm³/mol. The number of benzene rings is 2. The number of hydrogen-bond donors (Lipinski definition) is 1. The molecular formula is C15H12ClF2N3. The first-order valence-electron chi connectivity index (χ1n) is 6.40. The third kappa shape index (κ3) is 2.69. The predicted octanol–water partition coefficient (Wildman–Crippen LogP) is 3.79. The maximum atomic E-state index is 13.6. The van der Waals surface area contributed by atoms with Crippen LogP contribution in [-0.4, -0.2) is 9.55 Å². The molecule has 0 atom stereocenters. The van der Waals surface area contributed by atoms with Crippen molar-refractivity contribution in [3.63, 3.8) is 0 Å². The molecule has 3 aromatic rings. The molecule has 3 nitrogen and oxygen atoms in total. The van der Waals surface area contributed by atoms with Crippen LogP contribution in [0.3, 0.4) is 0 Å². The molecule has 1 aromatic heterocycles. The van der Waals surface area contributed by atoms with Crippen LogP contribution in [0.2, 0.25) is 5.02 Å². The fourth-order valence-electron chi connectivity index (χ4n) is 2.31. The fourth-order valence-corrected chi connectivity index (χ4v) is 2.47. The topological polar surface area (TPSA) is 43.8 Å². The third-order valence-corrected chi connectivity index (χ3v) is 3.62. The minimum atomic E-state index is -0.518. The van der Waals surface area contributed by atoms with E-state index >= 15 is 0 Å². The lowest BCUT2D eigenvalue weighted by Crippen LogP contribution is -2.06. The van der Waals surface area contributed by atoms with Gasteiger partial charge in [-0.3, -0.25) is 0 Å². The van der Waals surface area contributed by atoms with Gasteiger partial charge in [-0.25, -0.2) is 13.8 Å². The Kier molecular flexibility index (Phi) is 3.51. The van der Waals surface area contributed by atoms with E-state index in [2.05, 4.69) is 4.98 Å². The summed E-state index contributed by atoms with van der Waals surface area (Å²) in [6.07, 6.45) is 0.567. The summed E-state index contributed by atoms with van der Waals surface area (Å²) in [5.74, 6) is -0.520. The summed E-state index contributed by atoms with van der Waals surface area (Å²) in [5, 5.41) is 0.0114. The molecule has 1 heterocycles. The largest absolute Gasteiger partial charge is 0.369 e. The molecule has 0 unspecified atom stereocenters. The molecule has 0 amide bonds. The number of nitrogens with zero attached hydrogens (tertiary/aromatic N) is 2. The van der Waals surface area contributed by atoms with Crippen molar-refractivity contribution < 1.29 is 8.78 Å². The number of aromatic nitrogens is 2. The van der Waals surface area contributed by atoms with Crippen LogP contribution in [-0.2, 0) is 13.0 Å². The second-order valence-corrected chi connectivity index (χ2v) is 5.16. The molecule has 0 saturated carbocycles. The van der Waals surface area contributed by atoms with Gasteiger partial charge in [0.1, 0.15) is 11.6 Å². The van der Waals surface area contributed by atoms with Gasteiger partial charge in [0, 0.05) is 12.6 Å². The Morgan fingerprint density at radius 2 is 2.00 bits per heavy atom. The van der Waals surface area contributed by atoms with Gasteiger partial charge in [-0.1, -0.05) is 23.7 Å². The molecular weight excluding hydrogens is 296 g/mol. The number of halogens is 3. The van der Waals surface area contributed by atoms with E-state index in [0.717, 1.165) is 5.56 Å². The van der Waals surface area contributed by atoms with Crippen LogP contribution in [0, 0.1) is 11.6 Å². The minimum absolute atomic E-state index is 0.0114. The monoisotopic (exact) mass is 307 g/mol. The van der Waals surface area contributed by atoms with Gasteiger partial charge in [-0.2, -0.15) is 0 Å². The van der Waals surface area contributed by atoms with Crippen LogP contribution in [0.1, 0.15) is 5.56 Å². The normalized spacial score (nSPS) is 11.2. The first-order valence-corrected chi connectivity index (χ1v) is 6.77. The average Bonchev–Trinajstić information content (AvgIpc) is 2.72. The molecule has 0 saturated heterocycles. The molecule has 3 rings (SSSR count). The smallest absolute Gasteiger partial charge is 0.201 e. The lowest BCUT2D eigenvalue weighted by atomic mass is 10.1. The third-order valence-electron chi connectivity index (χ3n) is 3.33. The van der Waals surface area contributed by atoms with Crippen LogP contribution < -0.4 is 5.73 Å². The molecule has 0 aliphatic heterocycles. The van der Waals surface area contributed by atoms with E-state index < -0.39 is 5.82 Å². The first-order chi connectivity index (χ1) is 10.0. The standard InChI is InChI=1S/C15H12ClF2N3/c16-11-7-13-14(8-12(11)18)21(15(19)20-13)5-4-9-2-1-3-10(17)6-9/h1-3,6-8H,4-5H2,(H2,19,20). The lowest BCUT2D eigenvalue weighted by Gasteiger charge is -2.07. The highest BCUT2D eigenvalue weighted by Crippen LogP contribution is 2.25. The molecule has 0 aliphatic carbocycles. The van der Waals surface area contributed by atoms with Gasteiger partial charge in [0.25, 0.3) is 0 Å². The number of nitrogens with two attached hydrogens (primary N) is 1. The second-order valence-electron chi connectivity index (χ2n) is 4.76. The van der Waals surface area contributed by atoms with Gasteiger partial charge in [0.05, 0.1) is 16.1 Å². The molecule has 0 bridgehead atoms. The Labute approximate surface area is 125 Å². The molecule has 0 spiro atoms. The highest BCUT2D eigenvalue weighted by atomic mass is 35.5. The number of rotatable bonds is 3. The maximum Gasteiger partial charge on any atom is 0.201 e. The van der Waals surface area contributed by atoms with Crippen molar-refractivity contribution in [3.05, 3.63) is 58.6 Å². The molecule has 0 fully saturated rings. The molecule has 6 heteroatoms.